The van der Waals surface area contributed by atoms with Crippen molar-refractivity contribution in [2.45, 2.75) is 101 Å². The zero-order valence-corrected chi connectivity index (χ0v) is 19.4. The molecule has 0 amide bonds. The van der Waals surface area contributed by atoms with Gasteiger partial charge in [-0.25, -0.2) is 0 Å². The fourth-order valence-electron chi connectivity index (χ4n) is 6.01. The minimum Gasteiger partial charge on any atom is -0.371 e. The van der Waals surface area contributed by atoms with Crippen LogP contribution in [0.25, 0.3) is 0 Å². The Hall–Kier alpha value is -0.320. The molecule has 182 valence electrons. The lowest BCUT2D eigenvalue weighted by atomic mass is 9.82. The second-order valence-corrected chi connectivity index (χ2v) is 11.0. The number of ether oxygens (including phenoxy) is 8. The average Bonchev–Trinajstić information content (AvgIpc) is 3.69. The molecule has 6 atom stereocenters. The smallest absolute Gasteiger partial charge is 0.160 e. The van der Waals surface area contributed by atoms with E-state index < -0.39 is 0 Å². The summed E-state index contributed by atoms with van der Waals surface area (Å²) in [5.74, 6) is 0.870. The van der Waals surface area contributed by atoms with Crippen LogP contribution in [-0.4, -0.2) is 87.8 Å². The molecular formula is C24H38O8. The first-order chi connectivity index (χ1) is 15.5. The van der Waals surface area contributed by atoms with Gasteiger partial charge in [-0.15, -0.1) is 0 Å². The molecule has 6 aliphatic rings. The van der Waals surface area contributed by atoms with E-state index >= 15 is 0 Å². The fourth-order valence-corrected chi connectivity index (χ4v) is 6.01. The number of epoxide rings is 2. The lowest BCUT2D eigenvalue weighted by molar-refractivity contribution is -0.258. The van der Waals surface area contributed by atoms with E-state index in [9.17, 15) is 0 Å². The molecule has 6 rings (SSSR count). The lowest BCUT2D eigenvalue weighted by Crippen LogP contribution is -2.44. The van der Waals surface area contributed by atoms with E-state index in [1.165, 1.54) is 0 Å². The van der Waals surface area contributed by atoms with E-state index in [0.717, 1.165) is 38.5 Å². The van der Waals surface area contributed by atoms with Crippen LogP contribution in [-0.2, 0) is 37.9 Å². The highest BCUT2D eigenvalue weighted by Gasteiger charge is 2.57. The van der Waals surface area contributed by atoms with Gasteiger partial charge in [0.2, 0.25) is 0 Å². The summed E-state index contributed by atoms with van der Waals surface area (Å²) in [6, 6.07) is 0. The van der Waals surface area contributed by atoms with Crippen molar-refractivity contribution < 1.29 is 37.9 Å². The monoisotopic (exact) mass is 454 g/mol. The minimum absolute atomic E-state index is 0.0363. The van der Waals surface area contributed by atoms with Crippen molar-refractivity contribution in [3.63, 3.8) is 0 Å². The van der Waals surface area contributed by atoms with Gasteiger partial charge in [-0.3, -0.25) is 0 Å². The molecule has 4 heterocycles. The van der Waals surface area contributed by atoms with Gasteiger partial charge in [-0.05, 0) is 52.4 Å². The molecule has 4 saturated heterocycles. The SMILES string of the molecule is CC12CCC(C3OCC(OCCOC4COC(C5CCC6(C)OC6C5)OC4)CO3)CC1O2. The van der Waals surface area contributed by atoms with Crippen LogP contribution in [0, 0.1) is 11.8 Å². The van der Waals surface area contributed by atoms with Crippen molar-refractivity contribution in [3.8, 4) is 0 Å². The van der Waals surface area contributed by atoms with Crippen LogP contribution in [0.4, 0.5) is 0 Å². The Morgan fingerprint density at radius 3 is 1.44 bits per heavy atom. The third-order valence-corrected chi connectivity index (χ3v) is 8.47. The molecule has 6 unspecified atom stereocenters. The van der Waals surface area contributed by atoms with E-state index in [0.29, 0.717) is 63.7 Å². The molecule has 0 aromatic heterocycles. The molecule has 8 nitrogen and oxygen atoms in total. The van der Waals surface area contributed by atoms with Crippen molar-refractivity contribution in [3.05, 3.63) is 0 Å². The van der Waals surface area contributed by atoms with Crippen LogP contribution >= 0.6 is 0 Å². The topological polar surface area (TPSA) is 80.4 Å². The minimum atomic E-state index is -0.117. The molecule has 0 spiro atoms. The first kappa shape index (κ1) is 22.2. The van der Waals surface area contributed by atoms with Crippen LogP contribution in [0.1, 0.15) is 52.4 Å². The number of hydrogen-bond donors (Lipinski definition) is 0. The Bertz CT molecular complexity index is 604. The summed E-state index contributed by atoms with van der Waals surface area (Å²) in [5, 5.41) is 0. The number of rotatable bonds is 7. The molecule has 0 N–H and O–H groups in total. The van der Waals surface area contributed by atoms with Gasteiger partial charge < -0.3 is 37.9 Å². The Kier molecular flexibility index (Phi) is 6.04. The van der Waals surface area contributed by atoms with E-state index in [1.54, 1.807) is 0 Å². The molecular weight excluding hydrogens is 416 g/mol. The maximum Gasteiger partial charge on any atom is 0.160 e. The zero-order chi connectivity index (χ0) is 21.8. The molecule has 0 aromatic rings. The molecule has 2 saturated carbocycles. The van der Waals surface area contributed by atoms with Crippen molar-refractivity contribution in [2.24, 2.45) is 11.8 Å². The first-order valence-corrected chi connectivity index (χ1v) is 12.6. The Morgan fingerprint density at radius 2 is 1.06 bits per heavy atom. The summed E-state index contributed by atoms with van der Waals surface area (Å²) >= 11 is 0. The highest BCUT2D eigenvalue weighted by molar-refractivity contribution is 5.05. The third-order valence-electron chi connectivity index (χ3n) is 8.47. The van der Waals surface area contributed by atoms with E-state index in [4.69, 9.17) is 37.9 Å². The van der Waals surface area contributed by atoms with Crippen molar-refractivity contribution in [1.29, 1.82) is 0 Å². The van der Waals surface area contributed by atoms with Crippen molar-refractivity contribution in [2.75, 3.05) is 39.6 Å². The summed E-state index contributed by atoms with van der Waals surface area (Å²) in [6.07, 6.45) is 7.00. The summed E-state index contributed by atoms with van der Waals surface area (Å²) in [4.78, 5) is 0. The highest BCUT2D eigenvalue weighted by Crippen LogP contribution is 2.51. The Balaban J connectivity index is 0.825. The first-order valence-electron chi connectivity index (χ1n) is 12.6. The molecule has 2 aliphatic carbocycles. The average molecular weight is 455 g/mol. The Morgan fingerprint density at radius 1 is 0.656 bits per heavy atom. The summed E-state index contributed by atoms with van der Waals surface area (Å²) in [7, 11) is 0. The van der Waals surface area contributed by atoms with Crippen molar-refractivity contribution >= 4 is 0 Å². The van der Waals surface area contributed by atoms with Crippen LogP contribution < -0.4 is 0 Å². The molecule has 0 aromatic carbocycles. The second-order valence-electron chi connectivity index (χ2n) is 11.0. The maximum absolute atomic E-state index is 5.97. The predicted octanol–water partition coefficient (Wildman–Crippen LogP) is 2.42. The van der Waals surface area contributed by atoms with Gasteiger partial charge in [0, 0.05) is 11.8 Å². The molecule has 8 heteroatoms. The van der Waals surface area contributed by atoms with Gasteiger partial charge in [0.25, 0.3) is 0 Å². The molecule has 4 aliphatic heterocycles. The van der Waals surface area contributed by atoms with Crippen LogP contribution in [0.2, 0.25) is 0 Å². The van der Waals surface area contributed by atoms with Gasteiger partial charge >= 0.3 is 0 Å². The van der Waals surface area contributed by atoms with Gasteiger partial charge in [0.05, 0.1) is 63.1 Å². The van der Waals surface area contributed by atoms with Gasteiger partial charge in [-0.2, -0.15) is 0 Å². The van der Waals surface area contributed by atoms with Crippen molar-refractivity contribution in [1.82, 2.24) is 0 Å². The second kappa shape index (κ2) is 8.72. The summed E-state index contributed by atoms with van der Waals surface area (Å²) < 4.78 is 47.3. The largest absolute Gasteiger partial charge is 0.371 e. The molecule has 32 heavy (non-hydrogen) atoms. The fraction of sp³-hybridized carbons (Fsp3) is 1.00. The summed E-state index contributed by atoms with van der Waals surface area (Å²) in [6.45, 7) is 7.75. The lowest BCUT2D eigenvalue weighted by Gasteiger charge is -2.36. The standard InChI is InChI=1S/C24H38O8/c1-23-5-3-15(9-19(23)31-23)21-27-11-17(12-28-21)25-7-8-26-18-13-29-22(30-14-18)16-4-6-24(2)20(10-16)32-24/h15-22H,3-14H2,1-2H3. The van der Waals surface area contributed by atoms with Gasteiger partial charge in [0.15, 0.2) is 12.6 Å². The molecule has 6 fully saturated rings. The predicted molar refractivity (Wildman–Crippen MR) is 112 cm³/mol. The third kappa shape index (κ3) is 4.62. The van der Waals surface area contributed by atoms with Gasteiger partial charge in [-0.1, -0.05) is 0 Å². The molecule has 0 bridgehead atoms. The van der Waals surface area contributed by atoms with Crippen LogP contribution in [0.15, 0.2) is 0 Å². The van der Waals surface area contributed by atoms with E-state index in [-0.39, 0.29) is 36.0 Å². The molecule has 0 radical (unpaired) electrons. The van der Waals surface area contributed by atoms with Gasteiger partial charge in [0.1, 0.15) is 12.2 Å². The number of fused-ring (bicyclic) bond motifs is 2. The van der Waals surface area contributed by atoms with Crippen LogP contribution in [0.3, 0.4) is 0 Å². The normalized spacial score (nSPS) is 52.7. The number of hydrogen-bond acceptors (Lipinski definition) is 8. The van der Waals surface area contributed by atoms with E-state index in [1.807, 2.05) is 0 Å². The quantitative estimate of drug-likeness (QED) is 0.429. The Labute approximate surface area is 190 Å². The zero-order valence-electron chi connectivity index (χ0n) is 19.4. The summed E-state index contributed by atoms with van der Waals surface area (Å²) in [5.41, 5.74) is 0.269. The van der Waals surface area contributed by atoms with Crippen LogP contribution in [0.5, 0.6) is 0 Å². The van der Waals surface area contributed by atoms with E-state index in [2.05, 4.69) is 13.8 Å². The highest BCUT2D eigenvalue weighted by atomic mass is 16.7. The maximum atomic E-state index is 5.97.